The SMILES string of the molecule is CC1=C(C)C(CC2C=CC=C2)C=C1. The van der Waals surface area contributed by atoms with Crippen LogP contribution < -0.4 is 0 Å². The molecule has 0 aromatic rings. The summed E-state index contributed by atoms with van der Waals surface area (Å²) in [4.78, 5) is 0. The van der Waals surface area contributed by atoms with Crippen LogP contribution in [0.15, 0.2) is 47.6 Å². The second-order valence-corrected chi connectivity index (χ2v) is 4.00. The molecule has 0 aromatic carbocycles. The third-order valence-electron chi connectivity index (χ3n) is 3.11. The maximum atomic E-state index is 2.34. The molecule has 1 unspecified atom stereocenters. The fourth-order valence-electron chi connectivity index (χ4n) is 2.01. The summed E-state index contributed by atoms with van der Waals surface area (Å²) in [5, 5.41) is 0. The Morgan fingerprint density at radius 3 is 2.31 bits per heavy atom. The van der Waals surface area contributed by atoms with Crippen molar-refractivity contribution in [3.63, 3.8) is 0 Å². The van der Waals surface area contributed by atoms with Crippen LogP contribution in [0.3, 0.4) is 0 Å². The molecular formula is C13H16. The molecule has 0 heterocycles. The smallest absolute Gasteiger partial charge is 0.000853 e. The van der Waals surface area contributed by atoms with Crippen LogP contribution in [0, 0.1) is 11.8 Å². The lowest BCUT2D eigenvalue weighted by Crippen LogP contribution is -2.01. The molecule has 2 aliphatic carbocycles. The van der Waals surface area contributed by atoms with Crippen molar-refractivity contribution in [3.8, 4) is 0 Å². The molecular weight excluding hydrogens is 156 g/mol. The molecule has 0 spiro atoms. The zero-order valence-corrected chi connectivity index (χ0v) is 8.33. The van der Waals surface area contributed by atoms with Crippen molar-refractivity contribution in [2.75, 3.05) is 0 Å². The third-order valence-corrected chi connectivity index (χ3v) is 3.11. The lowest BCUT2D eigenvalue weighted by atomic mass is 9.91. The van der Waals surface area contributed by atoms with Crippen molar-refractivity contribution >= 4 is 0 Å². The molecule has 2 rings (SSSR count). The Bertz CT molecular complexity index is 301. The summed E-state index contributed by atoms with van der Waals surface area (Å²) in [6, 6.07) is 0. The van der Waals surface area contributed by atoms with Gasteiger partial charge in [0.2, 0.25) is 0 Å². The Morgan fingerprint density at radius 1 is 1.08 bits per heavy atom. The highest BCUT2D eigenvalue weighted by Crippen LogP contribution is 2.31. The Labute approximate surface area is 80.3 Å². The molecule has 0 N–H and O–H groups in total. The van der Waals surface area contributed by atoms with Gasteiger partial charge in [0.15, 0.2) is 0 Å². The minimum absolute atomic E-state index is 0.662. The van der Waals surface area contributed by atoms with E-state index >= 15 is 0 Å². The Kier molecular flexibility index (Phi) is 2.22. The lowest BCUT2D eigenvalue weighted by Gasteiger charge is -2.13. The molecule has 0 aliphatic heterocycles. The molecule has 0 aromatic heterocycles. The van der Waals surface area contributed by atoms with Gasteiger partial charge in [-0.3, -0.25) is 0 Å². The molecule has 0 fully saturated rings. The van der Waals surface area contributed by atoms with Crippen molar-refractivity contribution in [3.05, 3.63) is 47.6 Å². The molecule has 68 valence electrons. The van der Waals surface area contributed by atoms with Crippen LogP contribution in [0.5, 0.6) is 0 Å². The van der Waals surface area contributed by atoms with E-state index in [4.69, 9.17) is 0 Å². The van der Waals surface area contributed by atoms with Crippen LogP contribution in [0.4, 0.5) is 0 Å². The molecule has 0 saturated heterocycles. The van der Waals surface area contributed by atoms with Gasteiger partial charge in [0.25, 0.3) is 0 Å². The second-order valence-electron chi connectivity index (χ2n) is 4.00. The minimum atomic E-state index is 0.662. The third kappa shape index (κ3) is 1.67. The van der Waals surface area contributed by atoms with Crippen LogP contribution in [0.2, 0.25) is 0 Å². The molecule has 1 atom stereocenters. The molecule has 0 heteroatoms. The standard InChI is InChI=1S/C13H16/c1-10-7-8-13(11(10)2)9-12-5-3-4-6-12/h3-8,12-13H,9H2,1-2H3. The largest absolute Gasteiger partial charge is 0.0776 e. The Morgan fingerprint density at radius 2 is 1.77 bits per heavy atom. The predicted octanol–water partition coefficient (Wildman–Crippen LogP) is 3.64. The van der Waals surface area contributed by atoms with Gasteiger partial charge in [-0.1, -0.05) is 47.6 Å². The molecule has 0 radical (unpaired) electrons. The minimum Gasteiger partial charge on any atom is -0.0776 e. The van der Waals surface area contributed by atoms with Gasteiger partial charge in [0, 0.05) is 0 Å². The van der Waals surface area contributed by atoms with Crippen molar-refractivity contribution in [1.82, 2.24) is 0 Å². The number of hydrogen-bond acceptors (Lipinski definition) is 0. The number of rotatable bonds is 2. The predicted molar refractivity (Wildman–Crippen MR) is 57.4 cm³/mol. The van der Waals surface area contributed by atoms with E-state index in [1.54, 1.807) is 5.57 Å². The molecule has 0 amide bonds. The van der Waals surface area contributed by atoms with Gasteiger partial charge in [-0.05, 0) is 32.1 Å². The van der Waals surface area contributed by atoms with E-state index in [0.717, 1.165) is 0 Å². The summed E-state index contributed by atoms with van der Waals surface area (Å²) >= 11 is 0. The summed E-state index contributed by atoms with van der Waals surface area (Å²) in [7, 11) is 0. The number of hydrogen-bond donors (Lipinski definition) is 0. The summed E-state index contributed by atoms with van der Waals surface area (Å²) in [5.74, 6) is 1.34. The van der Waals surface area contributed by atoms with Crippen LogP contribution >= 0.6 is 0 Å². The van der Waals surface area contributed by atoms with E-state index in [9.17, 15) is 0 Å². The second kappa shape index (κ2) is 3.37. The first-order chi connectivity index (χ1) is 6.27. The first kappa shape index (κ1) is 8.55. The zero-order valence-electron chi connectivity index (χ0n) is 8.33. The van der Waals surface area contributed by atoms with E-state index in [0.29, 0.717) is 11.8 Å². The summed E-state index contributed by atoms with van der Waals surface area (Å²) < 4.78 is 0. The van der Waals surface area contributed by atoms with E-state index in [1.807, 2.05) is 0 Å². The first-order valence-corrected chi connectivity index (χ1v) is 4.98. The van der Waals surface area contributed by atoms with Crippen molar-refractivity contribution < 1.29 is 0 Å². The van der Waals surface area contributed by atoms with E-state index < -0.39 is 0 Å². The van der Waals surface area contributed by atoms with Gasteiger partial charge < -0.3 is 0 Å². The van der Waals surface area contributed by atoms with Gasteiger partial charge in [-0.2, -0.15) is 0 Å². The van der Waals surface area contributed by atoms with E-state index in [1.165, 1.54) is 12.0 Å². The molecule has 0 saturated carbocycles. The average Bonchev–Trinajstić information content (AvgIpc) is 2.71. The maximum Gasteiger partial charge on any atom is -0.000853 e. The highest BCUT2D eigenvalue weighted by Gasteiger charge is 2.17. The number of allylic oxidation sites excluding steroid dienone is 8. The topological polar surface area (TPSA) is 0 Å². The fourth-order valence-corrected chi connectivity index (χ4v) is 2.01. The maximum absolute atomic E-state index is 2.34. The van der Waals surface area contributed by atoms with Crippen molar-refractivity contribution in [2.45, 2.75) is 20.3 Å². The normalized spacial score (nSPS) is 26.8. The van der Waals surface area contributed by atoms with Gasteiger partial charge in [-0.15, -0.1) is 0 Å². The zero-order chi connectivity index (χ0) is 9.26. The van der Waals surface area contributed by atoms with Crippen molar-refractivity contribution in [2.24, 2.45) is 11.8 Å². The van der Waals surface area contributed by atoms with Gasteiger partial charge in [0.05, 0.1) is 0 Å². The van der Waals surface area contributed by atoms with Gasteiger partial charge in [-0.25, -0.2) is 0 Å². The van der Waals surface area contributed by atoms with Crippen LogP contribution in [0.1, 0.15) is 20.3 Å². The summed E-state index contributed by atoms with van der Waals surface area (Å²) in [6.45, 7) is 4.45. The van der Waals surface area contributed by atoms with Crippen LogP contribution in [-0.4, -0.2) is 0 Å². The highest BCUT2D eigenvalue weighted by molar-refractivity contribution is 5.34. The Balaban J connectivity index is 2.01. The molecule has 13 heavy (non-hydrogen) atoms. The van der Waals surface area contributed by atoms with Gasteiger partial charge in [0.1, 0.15) is 0 Å². The summed E-state index contributed by atoms with van der Waals surface area (Å²) in [5.41, 5.74) is 3.00. The quantitative estimate of drug-likeness (QED) is 0.596. The first-order valence-electron chi connectivity index (χ1n) is 4.98. The van der Waals surface area contributed by atoms with E-state index in [2.05, 4.69) is 50.3 Å². The monoisotopic (exact) mass is 172 g/mol. The summed E-state index contributed by atoms with van der Waals surface area (Å²) in [6.07, 6.45) is 14.7. The molecule has 0 bridgehead atoms. The van der Waals surface area contributed by atoms with Crippen molar-refractivity contribution in [1.29, 1.82) is 0 Å². The fraction of sp³-hybridized carbons (Fsp3) is 0.385. The van der Waals surface area contributed by atoms with E-state index in [-0.39, 0.29) is 0 Å². The lowest BCUT2D eigenvalue weighted by molar-refractivity contribution is 0.610. The molecule has 2 aliphatic rings. The Hall–Kier alpha value is -1.04. The average molecular weight is 172 g/mol. The van der Waals surface area contributed by atoms with Gasteiger partial charge >= 0.3 is 0 Å². The molecule has 0 nitrogen and oxygen atoms in total. The van der Waals surface area contributed by atoms with Crippen LogP contribution in [-0.2, 0) is 0 Å². The highest BCUT2D eigenvalue weighted by atomic mass is 14.2. The van der Waals surface area contributed by atoms with Crippen LogP contribution in [0.25, 0.3) is 0 Å².